The molecule has 0 saturated carbocycles. The highest BCUT2D eigenvalue weighted by Gasteiger charge is 2.06. The lowest BCUT2D eigenvalue weighted by Crippen LogP contribution is -2.09. The van der Waals surface area contributed by atoms with Gasteiger partial charge in [0.15, 0.2) is 0 Å². The van der Waals surface area contributed by atoms with Gasteiger partial charge in [-0.2, -0.15) is 0 Å². The zero-order chi connectivity index (χ0) is 10.8. The minimum Gasteiger partial charge on any atom is -0.478 e. The van der Waals surface area contributed by atoms with Crippen LogP contribution >= 0.6 is 0 Å². The summed E-state index contributed by atoms with van der Waals surface area (Å²) in [6.07, 6.45) is 3.39. The van der Waals surface area contributed by atoms with Crippen LogP contribution in [0.5, 0.6) is 0 Å². The Hall–Kier alpha value is -1.16. The highest BCUT2D eigenvalue weighted by molar-refractivity contribution is 8.00. The van der Waals surface area contributed by atoms with Crippen molar-refractivity contribution >= 4 is 15.9 Å². The normalized spacial score (nSPS) is 12.4. The molecule has 0 spiro atoms. The summed E-state index contributed by atoms with van der Waals surface area (Å²) in [5.74, 6) is -0.498. The maximum atomic E-state index is 11.5. The van der Waals surface area contributed by atoms with E-state index in [1.54, 1.807) is 30.7 Å². The number of carbonyl (C=O) groups is 1. The van der Waals surface area contributed by atoms with E-state index in [-0.39, 0.29) is 5.56 Å². The molecule has 3 nitrogen and oxygen atoms in total. The average Bonchev–Trinajstić information content (AvgIpc) is 2.01. The highest BCUT2D eigenvalue weighted by atomic mass is 32.2. The molecule has 0 aromatic heterocycles. The summed E-state index contributed by atoms with van der Waals surface area (Å²) in [4.78, 5) is 10.6. The van der Waals surface area contributed by atoms with Crippen LogP contribution in [0.4, 0.5) is 0 Å². The molecule has 0 bridgehead atoms. The van der Waals surface area contributed by atoms with Gasteiger partial charge in [-0.05, 0) is 30.2 Å². The van der Waals surface area contributed by atoms with E-state index in [0.29, 0.717) is 5.75 Å². The van der Waals surface area contributed by atoms with Crippen LogP contribution in [0.15, 0.2) is 24.3 Å². The van der Waals surface area contributed by atoms with Gasteiger partial charge < -0.3 is 5.11 Å². The number of carboxylic acid groups (broad SMARTS) is 1. The van der Waals surface area contributed by atoms with E-state index in [4.69, 9.17) is 5.11 Å². The van der Waals surface area contributed by atoms with Gasteiger partial charge in [0.05, 0.1) is 5.56 Å². The summed E-state index contributed by atoms with van der Waals surface area (Å²) in [6.45, 7) is 0. The van der Waals surface area contributed by atoms with Crippen LogP contribution < -0.4 is 0 Å². The fraction of sp³-hybridized carbons (Fsp3) is 0.300. The van der Waals surface area contributed by atoms with Crippen LogP contribution in [-0.4, -0.2) is 27.8 Å². The Morgan fingerprint density at radius 1 is 1.43 bits per heavy atom. The molecule has 0 aliphatic heterocycles. The molecule has 14 heavy (non-hydrogen) atoms. The van der Waals surface area contributed by atoms with Gasteiger partial charge in [-0.25, -0.2) is 4.79 Å². The van der Waals surface area contributed by atoms with E-state index in [2.05, 4.69) is 0 Å². The van der Waals surface area contributed by atoms with Crippen molar-refractivity contribution in [2.45, 2.75) is 5.75 Å². The van der Waals surface area contributed by atoms with Gasteiger partial charge in [0.1, 0.15) is 0 Å². The maximum absolute atomic E-state index is 11.5. The summed E-state index contributed by atoms with van der Waals surface area (Å²) in [7, 11) is -2.13. The van der Waals surface area contributed by atoms with E-state index < -0.39 is 15.9 Å². The van der Waals surface area contributed by atoms with Gasteiger partial charge in [0, 0.05) is 5.75 Å². The molecule has 0 unspecified atom stereocenters. The largest absolute Gasteiger partial charge is 0.478 e. The first kappa shape index (κ1) is 10.9. The lowest BCUT2D eigenvalue weighted by atomic mass is 10.1. The fourth-order valence-electron chi connectivity index (χ4n) is 1.24. The Kier molecular flexibility index (Phi) is 3.06. The van der Waals surface area contributed by atoms with Gasteiger partial charge >= 0.3 is 5.97 Å². The maximum Gasteiger partial charge on any atom is 0.335 e. The quantitative estimate of drug-likeness (QED) is 0.742. The number of thiol groups is 1. The van der Waals surface area contributed by atoms with Crippen molar-refractivity contribution in [3.63, 3.8) is 0 Å². The first-order valence-electron chi connectivity index (χ1n) is 4.25. The van der Waals surface area contributed by atoms with Crippen molar-refractivity contribution in [1.82, 2.24) is 0 Å². The Morgan fingerprint density at radius 2 is 2.07 bits per heavy atom. The minimum absolute atomic E-state index is 0.246. The van der Waals surface area contributed by atoms with E-state index in [1.807, 2.05) is 0 Å². The van der Waals surface area contributed by atoms with Gasteiger partial charge in [0.2, 0.25) is 0 Å². The average molecular weight is 214 g/mol. The summed E-state index contributed by atoms with van der Waals surface area (Å²) in [6, 6.07) is 6.57. The fourth-order valence-corrected chi connectivity index (χ4v) is 2.32. The number of rotatable bonds is 3. The Bertz CT molecular complexity index is 392. The molecule has 0 atom stereocenters. The molecule has 0 fully saturated rings. The minimum atomic E-state index is -2.13. The SMILES string of the molecule is C[SH](C)(=O)Cc1cccc(C(=O)O)c1. The summed E-state index contributed by atoms with van der Waals surface area (Å²) in [5.41, 5.74) is 1.06. The van der Waals surface area contributed by atoms with Crippen molar-refractivity contribution < 1.29 is 14.1 Å². The number of aromatic carboxylic acids is 1. The first-order chi connectivity index (χ1) is 6.38. The van der Waals surface area contributed by atoms with Crippen LogP contribution in [0.25, 0.3) is 0 Å². The summed E-state index contributed by atoms with van der Waals surface area (Å²) < 4.78 is 11.5. The third-order valence-corrected chi connectivity index (χ3v) is 2.86. The molecule has 78 valence electrons. The van der Waals surface area contributed by atoms with E-state index in [9.17, 15) is 9.00 Å². The van der Waals surface area contributed by atoms with Crippen molar-refractivity contribution in [3.8, 4) is 0 Å². The Morgan fingerprint density at radius 3 is 2.57 bits per heavy atom. The first-order valence-corrected chi connectivity index (χ1v) is 7.03. The van der Waals surface area contributed by atoms with Crippen LogP contribution in [0.1, 0.15) is 15.9 Å². The van der Waals surface area contributed by atoms with Crippen LogP contribution in [0, 0.1) is 0 Å². The molecule has 0 heterocycles. The van der Waals surface area contributed by atoms with Crippen molar-refractivity contribution in [2.75, 3.05) is 12.5 Å². The van der Waals surface area contributed by atoms with Crippen molar-refractivity contribution in [3.05, 3.63) is 35.4 Å². The molecule has 0 radical (unpaired) electrons. The third kappa shape index (κ3) is 3.30. The van der Waals surface area contributed by atoms with Gasteiger partial charge in [0.25, 0.3) is 0 Å². The van der Waals surface area contributed by atoms with E-state index in [1.165, 1.54) is 6.07 Å². The molecule has 1 aromatic carbocycles. The second-order valence-corrected chi connectivity index (χ2v) is 7.20. The summed E-state index contributed by atoms with van der Waals surface area (Å²) in [5, 5.41) is 8.74. The lowest BCUT2D eigenvalue weighted by Gasteiger charge is -2.11. The van der Waals surface area contributed by atoms with E-state index in [0.717, 1.165) is 5.56 Å². The Labute approximate surface area is 84.2 Å². The van der Waals surface area contributed by atoms with Crippen LogP contribution in [-0.2, 0) is 15.7 Å². The molecule has 0 aliphatic rings. The van der Waals surface area contributed by atoms with Gasteiger partial charge in [-0.3, -0.25) is 4.21 Å². The predicted octanol–water partition coefficient (Wildman–Crippen LogP) is 1.16. The van der Waals surface area contributed by atoms with E-state index >= 15 is 0 Å². The molecule has 1 N–H and O–H groups in total. The molecular formula is C10H14O3S. The highest BCUT2D eigenvalue weighted by Crippen LogP contribution is 2.10. The number of benzene rings is 1. The number of hydrogen-bond donors (Lipinski definition) is 2. The zero-order valence-corrected chi connectivity index (χ0v) is 9.12. The second kappa shape index (κ2) is 3.92. The predicted molar refractivity (Wildman–Crippen MR) is 58.5 cm³/mol. The van der Waals surface area contributed by atoms with Crippen molar-refractivity contribution in [1.29, 1.82) is 0 Å². The summed E-state index contributed by atoms with van der Waals surface area (Å²) >= 11 is 0. The molecule has 0 amide bonds. The molecule has 0 aliphatic carbocycles. The molecule has 1 aromatic rings. The third-order valence-electron chi connectivity index (χ3n) is 1.74. The van der Waals surface area contributed by atoms with Gasteiger partial charge in [-0.15, -0.1) is 9.93 Å². The van der Waals surface area contributed by atoms with Gasteiger partial charge in [-0.1, -0.05) is 12.1 Å². The van der Waals surface area contributed by atoms with Crippen LogP contribution in [0.2, 0.25) is 0 Å². The smallest absolute Gasteiger partial charge is 0.335 e. The molecule has 4 heteroatoms. The monoisotopic (exact) mass is 214 g/mol. The Balaban J connectivity index is 2.95. The molecule has 1 rings (SSSR count). The second-order valence-electron chi connectivity index (χ2n) is 3.74. The molecular weight excluding hydrogens is 200 g/mol. The molecule has 0 saturated heterocycles. The zero-order valence-electron chi connectivity index (χ0n) is 8.23. The van der Waals surface area contributed by atoms with Crippen LogP contribution in [0.3, 0.4) is 0 Å². The number of hydrogen-bond acceptors (Lipinski definition) is 2. The number of carboxylic acids is 1. The lowest BCUT2D eigenvalue weighted by molar-refractivity contribution is 0.0697. The topological polar surface area (TPSA) is 54.4 Å². The van der Waals surface area contributed by atoms with Crippen molar-refractivity contribution in [2.24, 2.45) is 0 Å². The standard InChI is InChI=1S/C10H14O3S/c1-14(2,13)7-8-4-3-5-9(6-8)10(11)12/h3-6,14H,7H2,1-2H3,(H,11,12).